The van der Waals surface area contributed by atoms with Gasteiger partial charge >= 0.3 is 0 Å². The predicted molar refractivity (Wildman–Crippen MR) is 248 cm³/mol. The largest absolute Gasteiger partial charge is 0.309 e. The Labute approximate surface area is 346 Å². The first kappa shape index (κ1) is 33.9. The molecule has 3 heterocycles. The molecule has 0 aliphatic carbocycles. The molecule has 5 nitrogen and oxygen atoms in total. The van der Waals surface area contributed by atoms with Crippen LogP contribution < -0.4 is 0 Å². The molecule has 280 valence electrons. The molecule has 9 aromatic carbocycles. The molecule has 60 heavy (non-hydrogen) atoms. The molecule has 0 amide bonds. The fourth-order valence-electron chi connectivity index (χ4n) is 8.89. The van der Waals surface area contributed by atoms with E-state index in [4.69, 9.17) is 15.0 Å². The Hall–Kier alpha value is -8.15. The van der Waals surface area contributed by atoms with Crippen molar-refractivity contribution >= 4 is 54.4 Å². The third-order valence-electron chi connectivity index (χ3n) is 11.7. The minimum absolute atomic E-state index is 0.617. The second-order valence-electron chi connectivity index (χ2n) is 15.3. The monoisotopic (exact) mass is 765 g/mol. The number of para-hydroxylation sites is 3. The van der Waals surface area contributed by atoms with Gasteiger partial charge in [-0.15, -0.1) is 0 Å². The van der Waals surface area contributed by atoms with Crippen molar-refractivity contribution in [2.45, 2.75) is 0 Å². The Morgan fingerprint density at radius 3 is 1.42 bits per heavy atom. The number of benzene rings is 9. The highest BCUT2D eigenvalue weighted by atomic mass is 15.0. The van der Waals surface area contributed by atoms with Crippen LogP contribution in [0.25, 0.3) is 111 Å². The van der Waals surface area contributed by atoms with Gasteiger partial charge in [-0.25, -0.2) is 15.0 Å². The minimum Gasteiger partial charge on any atom is -0.309 e. The van der Waals surface area contributed by atoms with Crippen LogP contribution in [0, 0.1) is 0 Å². The topological polar surface area (TPSA) is 48.5 Å². The molecule has 0 fully saturated rings. The van der Waals surface area contributed by atoms with Crippen LogP contribution >= 0.6 is 0 Å². The van der Waals surface area contributed by atoms with Gasteiger partial charge in [0.25, 0.3) is 0 Å². The molecular weight excluding hydrogens is 731 g/mol. The van der Waals surface area contributed by atoms with Crippen LogP contribution in [0.15, 0.2) is 212 Å². The van der Waals surface area contributed by atoms with Crippen molar-refractivity contribution in [3.05, 3.63) is 212 Å². The molecule has 0 saturated carbocycles. The third kappa shape index (κ3) is 5.59. The summed E-state index contributed by atoms with van der Waals surface area (Å²) in [5, 5.41) is 7.24. The Bertz CT molecular complexity index is 3580. The van der Waals surface area contributed by atoms with Crippen LogP contribution in [0.3, 0.4) is 0 Å². The fraction of sp³-hybridized carbons (Fsp3) is 0. The lowest BCUT2D eigenvalue weighted by atomic mass is 10.0. The second kappa shape index (κ2) is 13.8. The summed E-state index contributed by atoms with van der Waals surface area (Å²) in [6, 6.07) is 75.1. The van der Waals surface area contributed by atoms with Crippen LogP contribution in [0.2, 0.25) is 0 Å². The lowest BCUT2D eigenvalue weighted by molar-refractivity contribution is 1.07. The van der Waals surface area contributed by atoms with E-state index < -0.39 is 0 Å². The lowest BCUT2D eigenvalue weighted by Gasteiger charge is -2.12. The van der Waals surface area contributed by atoms with Gasteiger partial charge in [0.1, 0.15) is 0 Å². The molecule has 0 N–H and O–H groups in total. The SMILES string of the molecule is c1ccc(-c2cccc(-c3nc(-c4ccc(-n5c6ccccc6c6cc7ccccc7cc65)cc4)nc(-c4ccc5c(c4)c4ccccc4n5-c4ccccc4)n3)c2)cc1. The molecule has 0 aliphatic heterocycles. The van der Waals surface area contributed by atoms with Crippen LogP contribution in [0.5, 0.6) is 0 Å². The van der Waals surface area contributed by atoms with E-state index in [0.717, 1.165) is 55.6 Å². The summed E-state index contributed by atoms with van der Waals surface area (Å²) in [6.07, 6.45) is 0. The molecule has 12 aromatic rings. The smallest absolute Gasteiger partial charge is 0.164 e. The quantitative estimate of drug-likeness (QED) is 0.169. The molecule has 0 saturated heterocycles. The molecule has 0 spiro atoms. The van der Waals surface area contributed by atoms with E-state index in [2.05, 4.69) is 215 Å². The van der Waals surface area contributed by atoms with Gasteiger partial charge in [-0.3, -0.25) is 0 Å². The van der Waals surface area contributed by atoms with Gasteiger partial charge in [0.2, 0.25) is 0 Å². The Balaban J connectivity index is 1.02. The summed E-state index contributed by atoms with van der Waals surface area (Å²) in [7, 11) is 0. The minimum atomic E-state index is 0.617. The van der Waals surface area contributed by atoms with Crippen molar-refractivity contribution in [3.8, 4) is 56.7 Å². The number of hydrogen-bond donors (Lipinski definition) is 0. The van der Waals surface area contributed by atoms with Crippen molar-refractivity contribution in [1.82, 2.24) is 24.1 Å². The van der Waals surface area contributed by atoms with Crippen LogP contribution in [0.4, 0.5) is 0 Å². The van der Waals surface area contributed by atoms with Gasteiger partial charge in [0.05, 0.1) is 22.1 Å². The predicted octanol–water partition coefficient (Wildman–Crippen LogP) is 13.9. The fourth-order valence-corrected chi connectivity index (χ4v) is 8.89. The zero-order chi connectivity index (χ0) is 39.6. The van der Waals surface area contributed by atoms with Crippen molar-refractivity contribution in [2.75, 3.05) is 0 Å². The van der Waals surface area contributed by atoms with Gasteiger partial charge in [0, 0.05) is 49.6 Å². The van der Waals surface area contributed by atoms with E-state index >= 15 is 0 Å². The highest BCUT2D eigenvalue weighted by Gasteiger charge is 2.18. The number of nitrogens with zero attached hydrogens (tertiary/aromatic N) is 5. The van der Waals surface area contributed by atoms with E-state index in [-0.39, 0.29) is 0 Å². The van der Waals surface area contributed by atoms with Crippen molar-refractivity contribution in [3.63, 3.8) is 0 Å². The number of aromatic nitrogens is 5. The molecule has 0 radical (unpaired) electrons. The molecule has 0 unspecified atom stereocenters. The zero-order valence-corrected chi connectivity index (χ0v) is 32.4. The zero-order valence-electron chi connectivity index (χ0n) is 32.4. The Morgan fingerprint density at radius 2 is 0.717 bits per heavy atom. The van der Waals surface area contributed by atoms with Crippen molar-refractivity contribution in [2.24, 2.45) is 0 Å². The standard InChI is InChI=1S/C55H35N5/c1-3-14-36(15-4-1)38-18-13-19-41(32-38)54-56-53(57-55(58-54)42-28-31-51-47(34-42)45-22-9-11-24-49(45)59(51)43-20-5-2-6-21-43)37-26-29-44(30-27-37)60-50-25-12-10-23-46(50)48-33-39-16-7-8-17-40(39)35-52(48)60/h1-35H. The number of hydrogen-bond acceptors (Lipinski definition) is 3. The summed E-state index contributed by atoms with van der Waals surface area (Å²) in [6.45, 7) is 0. The molecule has 0 aliphatic rings. The van der Waals surface area contributed by atoms with Crippen LogP contribution in [-0.2, 0) is 0 Å². The van der Waals surface area contributed by atoms with E-state index in [0.29, 0.717) is 17.5 Å². The van der Waals surface area contributed by atoms with E-state index in [1.165, 1.54) is 38.0 Å². The molecule has 5 heteroatoms. The van der Waals surface area contributed by atoms with Crippen LogP contribution in [0.1, 0.15) is 0 Å². The van der Waals surface area contributed by atoms with Crippen molar-refractivity contribution < 1.29 is 0 Å². The van der Waals surface area contributed by atoms with E-state index in [1.54, 1.807) is 0 Å². The van der Waals surface area contributed by atoms with Gasteiger partial charge < -0.3 is 9.13 Å². The summed E-state index contributed by atoms with van der Waals surface area (Å²) in [5.41, 5.74) is 11.8. The highest BCUT2D eigenvalue weighted by molar-refractivity contribution is 6.14. The van der Waals surface area contributed by atoms with Crippen molar-refractivity contribution in [1.29, 1.82) is 0 Å². The van der Waals surface area contributed by atoms with Gasteiger partial charge in [-0.1, -0.05) is 127 Å². The molecular formula is C55H35N5. The van der Waals surface area contributed by atoms with Gasteiger partial charge in [0.15, 0.2) is 17.5 Å². The molecule has 3 aromatic heterocycles. The first-order valence-corrected chi connectivity index (χ1v) is 20.3. The molecule has 12 rings (SSSR count). The first-order chi connectivity index (χ1) is 29.7. The first-order valence-electron chi connectivity index (χ1n) is 20.3. The molecule has 0 atom stereocenters. The summed E-state index contributed by atoms with van der Waals surface area (Å²) in [4.78, 5) is 15.6. The normalized spacial score (nSPS) is 11.7. The maximum absolute atomic E-state index is 5.22. The van der Waals surface area contributed by atoms with Gasteiger partial charge in [-0.05, 0) is 107 Å². The van der Waals surface area contributed by atoms with E-state index in [1.807, 2.05) is 6.07 Å². The van der Waals surface area contributed by atoms with E-state index in [9.17, 15) is 0 Å². The second-order valence-corrected chi connectivity index (χ2v) is 15.3. The highest BCUT2D eigenvalue weighted by Crippen LogP contribution is 2.37. The average molecular weight is 766 g/mol. The summed E-state index contributed by atoms with van der Waals surface area (Å²) < 4.78 is 4.69. The number of rotatable bonds is 6. The Kier molecular flexibility index (Phi) is 7.78. The Morgan fingerprint density at radius 1 is 0.250 bits per heavy atom. The maximum Gasteiger partial charge on any atom is 0.164 e. The summed E-state index contributed by atoms with van der Waals surface area (Å²) >= 11 is 0. The number of fused-ring (bicyclic) bond motifs is 7. The average Bonchev–Trinajstić information content (AvgIpc) is 3.83. The third-order valence-corrected chi connectivity index (χ3v) is 11.7. The summed E-state index contributed by atoms with van der Waals surface area (Å²) in [5.74, 6) is 1.86. The molecule has 0 bridgehead atoms. The lowest BCUT2D eigenvalue weighted by Crippen LogP contribution is -2.01. The van der Waals surface area contributed by atoms with Crippen LogP contribution in [-0.4, -0.2) is 24.1 Å². The maximum atomic E-state index is 5.22. The van der Waals surface area contributed by atoms with Gasteiger partial charge in [-0.2, -0.15) is 0 Å².